The first kappa shape index (κ1) is 16.7. The molecule has 2 aromatic carbocycles. The average molecular weight is 339 g/mol. The van der Waals surface area contributed by atoms with Crippen LogP contribution in [0.25, 0.3) is 11.1 Å². The van der Waals surface area contributed by atoms with E-state index in [-0.39, 0.29) is 0 Å². The van der Waals surface area contributed by atoms with Crippen LogP contribution in [0.4, 0.5) is 5.69 Å². The number of benzene rings is 2. The van der Waals surface area contributed by atoms with Gasteiger partial charge in [0.2, 0.25) is 0 Å². The van der Waals surface area contributed by atoms with E-state index in [4.69, 9.17) is 0 Å². The van der Waals surface area contributed by atoms with Crippen LogP contribution in [0.5, 0.6) is 0 Å². The largest absolute Gasteiger partial charge is 0.348 e. The van der Waals surface area contributed by atoms with Crippen LogP contribution in [-0.4, -0.2) is 7.05 Å². The first-order valence-corrected chi connectivity index (χ1v) is 9.47. The number of hydrogen-bond acceptors (Lipinski definition) is 1. The SMILES string of the molecule is CN(C1=CC=C(c2ccccc2)CC1)c1ccc(C2=CCCC=C2)cc1. The summed E-state index contributed by atoms with van der Waals surface area (Å²) < 4.78 is 0. The fourth-order valence-electron chi connectivity index (χ4n) is 3.67. The quantitative estimate of drug-likeness (QED) is 0.605. The molecule has 0 fully saturated rings. The normalized spacial score (nSPS) is 16.6. The molecule has 0 radical (unpaired) electrons. The van der Waals surface area contributed by atoms with Crippen molar-refractivity contribution in [3.05, 3.63) is 102 Å². The molecule has 0 atom stereocenters. The van der Waals surface area contributed by atoms with Crippen LogP contribution in [0.2, 0.25) is 0 Å². The van der Waals surface area contributed by atoms with Crippen molar-refractivity contribution >= 4 is 16.8 Å². The highest BCUT2D eigenvalue weighted by Crippen LogP contribution is 2.31. The van der Waals surface area contributed by atoms with Crippen molar-refractivity contribution in [1.29, 1.82) is 0 Å². The summed E-state index contributed by atoms with van der Waals surface area (Å²) in [5.41, 5.74) is 8.03. The van der Waals surface area contributed by atoms with E-state index in [0.717, 1.165) is 25.7 Å². The van der Waals surface area contributed by atoms with Crippen molar-refractivity contribution in [2.45, 2.75) is 25.7 Å². The van der Waals surface area contributed by atoms with Gasteiger partial charge in [0.15, 0.2) is 0 Å². The van der Waals surface area contributed by atoms with Gasteiger partial charge < -0.3 is 4.90 Å². The number of anilines is 1. The van der Waals surface area contributed by atoms with Gasteiger partial charge in [-0.3, -0.25) is 0 Å². The smallest absolute Gasteiger partial charge is 0.0406 e. The molecule has 0 saturated heterocycles. The molecule has 26 heavy (non-hydrogen) atoms. The van der Waals surface area contributed by atoms with E-state index in [1.165, 1.54) is 33.7 Å². The molecule has 0 amide bonds. The summed E-state index contributed by atoms with van der Waals surface area (Å²) in [6.45, 7) is 0. The Labute approximate surface area is 156 Å². The molecule has 4 rings (SSSR count). The van der Waals surface area contributed by atoms with Crippen molar-refractivity contribution in [1.82, 2.24) is 0 Å². The first-order valence-electron chi connectivity index (χ1n) is 9.47. The molecule has 0 heterocycles. The molecule has 130 valence electrons. The fourth-order valence-corrected chi connectivity index (χ4v) is 3.67. The zero-order chi connectivity index (χ0) is 17.8. The van der Waals surface area contributed by atoms with Gasteiger partial charge in [-0.15, -0.1) is 0 Å². The van der Waals surface area contributed by atoms with Gasteiger partial charge in [-0.25, -0.2) is 0 Å². The van der Waals surface area contributed by atoms with E-state index >= 15 is 0 Å². The Bertz CT molecular complexity index is 880. The number of allylic oxidation sites excluding steroid dienone is 8. The second kappa shape index (κ2) is 7.61. The lowest BCUT2D eigenvalue weighted by molar-refractivity contribution is 0.907. The van der Waals surface area contributed by atoms with Gasteiger partial charge in [-0.2, -0.15) is 0 Å². The Hall–Kier alpha value is -2.80. The van der Waals surface area contributed by atoms with E-state index in [1.54, 1.807) is 0 Å². The highest BCUT2D eigenvalue weighted by atomic mass is 15.1. The topological polar surface area (TPSA) is 3.24 Å². The monoisotopic (exact) mass is 339 g/mol. The molecule has 0 saturated carbocycles. The highest BCUT2D eigenvalue weighted by molar-refractivity contribution is 5.76. The van der Waals surface area contributed by atoms with Gasteiger partial charge in [-0.1, -0.05) is 66.8 Å². The minimum Gasteiger partial charge on any atom is -0.348 e. The van der Waals surface area contributed by atoms with E-state index in [0.29, 0.717) is 0 Å². The molecule has 0 aromatic heterocycles. The van der Waals surface area contributed by atoms with Gasteiger partial charge in [0, 0.05) is 18.4 Å². The molecular weight excluding hydrogens is 314 g/mol. The Morgan fingerprint density at radius 3 is 2.23 bits per heavy atom. The zero-order valence-electron chi connectivity index (χ0n) is 15.4. The maximum absolute atomic E-state index is 2.33. The molecule has 0 N–H and O–H groups in total. The predicted octanol–water partition coefficient (Wildman–Crippen LogP) is 6.62. The van der Waals surface area contributed by atoms with Gasteiger partial charge in [0.1, 0.15) is 0 Å². The van der Waals surface area contributed by atoms with Crippen LogP contribution in [0.15, 0.2) is 90.7 Å². The van der Waals surface area contributed by atoms with Gasteiger partial charge >= 0.3 is 0 Å². The van der Waals surface area contributed by atoms with Crippen molar-refractivity contribution in [2.75, 3.05) is 11.9 Å². The standard InChI is InChI=1S/C25H25N/c1-26(24-16-12-22(13-17-24)20-8-4-2-5-9-20)25-18-14-23(15-19-25)21-10-6-3-7-11-21/h2,4-6,8-12,14-16,18-19H,3,7,13,17H2,1H3. The molecule has 2 aromatic rings. The van der Waals surface area contributed by atoms with Crippen LogP contribution in [0, 0.1) is 0 Å². The Kier molecular flexibility index (Phi) is 4.88. The van der Waals surface area contributed by atoms with Crippen LogP contribution < -0.4 is 4.90 Å². The summed E-state index contributed by atoms with van der Waals surface area (Å²) in [5, 5.41) is 0. The highest BCUT2D eigenvalue weighted by Gasteiger charge is 2.13. The van der Waals surface area contributed by atoms with E-state index in [2.05, 4.69) is 96.9 Å². The predicted molar refractivity (Wildman–Crippen MR) is 113 cm³/mol. The second-order valence-electron chi connectivity index (χ2n) is 6.96. The van der Waals surface area contributed by atoms with Crippen molar-refractivity contribution in [2.24, 2.45) is 0 Å². The third-order valence-corrected chi connectivity index (χ3v) is 5.29. The Balaban J connectivity index is 1.50. The number of nitrogens with zero attached hydrogens (tertiary/aromatic N) is 1. The van der Waals surface area contributed by atoms with Gasteiger partial charge in [0.05, 0.1) is 0 Å². The van der Waals surface area contributed by atoms with Crippen LogP contribution in [0.3, 0.4) is 0 Å². The molecule has 1 nitrogen and oxygen atoms in total. The molecule has 0 aliphatic heterocycles. The van der Waals surface area contributed by atoms with E-state index in [1.807, 2.05) is 0 Å². The summed E-state index contributed by atoms with van der Waals surface area (Å²) in [6, 6.07) is 19.6. The van der Waals surface area contributed by atoms with Crippen LogP contribution in [-0.2, 0) is 0 Å². The average Bonchev–Trinajstić information content (AvgIpc) is 2.75. The van der Waals surface area contributed by atoms with Gasteiger partial charge in [0.25, 0.3) is 0 Å². The second-order valence-corrected chi connectivity index (χ2v) is 6.96. The molecule has 1 heteroatoms. The third kappa shape index (κ3) is 3.57. The molecule has 0 unspecified atom stereocenters. The van der Waals surface area contributed by atoms with Crippen LogP contribution >= 0.6 is 0 Å². The summed E-state index contributed by atoms with van der Waals surface area (Å²) in [5.74, 6) is 0. The maximum atomic E-state index is 2.33. The maximum Gasteiger partial charge on any atom is 0.0406 e. The zero-order valence-corrected chi connectivity index (χ0v) is 15.4. The minimum absolute atomic E-state index is 1.08. The summed E-state index contributed by atoms with van der Waals surface area (Å²) in [7, 11) is 2.17. The lowest BCUT2D eigenvalue weighted by Crippen LogP contribution is -2.17. The van der Waals surface area contributed by atoms with Crippen LogP contribution in [0.1, 0.15) is 36.8 Å². The molecule has 0 spiro atoms. The summed E-state index contributed by atoms with van der Waals surface area (Å²) in [4.78, 5) is 2.31. The molecule has 2 aliphatic rings. The van der Waals surface area contributed by atoms with E-state index in [9.17, 15) is 0 Å². The summed E-state index contributed by atoms with van der Waals surface area (Å²) in [6.07, 6.45) is 15.9. The van der Waals surface area contributed by atoms with Crippen molar-refractivity contribution in [3.63, 3.8) is 0 Å². The summed E-state index contributed by atoms with van der Waals surface area (Å²) >= 11 is 0. The lowest BCUT2D eigenvalue weighted by atomic mass is 9.95. The Morgan fingerprint density at radius 2 is 1.58 bits per heavy atom. The van der Waals surface area contributed by atoms with Gasteiger partial charge in [-0.05, 0) is 66.2 Å². The lowest BCUT2D eigenvalue weighted by Gasteiger charge is -2.26. The van der Waals surface area contributed by atoms with Crippen molar-refractivity contribution in [3.8, 4) is 0 Å². The molecule has 0 bridgehead atoms. The molecule has 2 aliphatic carbocycles. The first-order chi connectivity index (χ1) is 12.8. The number of hydrogen-bond donors (Lipinski definition) is 0. The van der Waals surface area contributed by atoms with Crippen molar-refractivity contribution < 1.29 is 0 Å². The fraction of sp³-hybridized carbons (Fsp3) is 0.200. The number of rotatable bonds is 4. The third-order valence-electron chi connectivity index (χ3n) is 5.29. The minimum atomic E-state index is 1.08. The van der Waals surface area contributed by atoms with E-state index < -0.39 is 0 Å². The molecular formula is C25H25N. The Morgan fingerprint density at radius 1 is 0.769 bits per heavy atom.